The SMILES string of the molecule is COCC1(C(=O)O)CCCN(C(=O)c2cccc(NC(=O)NC3CC3)c2)C1. The summed E-state index contributed by atoms with van der Waals surface area (Å²) in [7, 11) is 1.47. The second kappa shape index (κ2) is 7.96. The van der Waals surface area contributed by atoms with Crippen LogP contribution in [-0.4, -0.2) is 60.8 Å². The number of carboxylic acid groups (broad SMARTS) is 1. The standard InChI is InChI=1S/C19H25N3O5/c1-27-12-19(17(24)25)8-3-9-22(11-19)16(23)13-4-2-5-15(10-13)21-18(26)20-14-6-7-14/h2,4-5,10,14H,3,6-9,11-12H2,1H3,(H,24,25)(H2,20,21,26). The van der Waals surface area contributed by atoms with E-state index >= 15 is 0 Å². The van der Waals surface area contributed by atoms with E-state index < -0.39 is 11.4 Å². The normalized spacial score (nSPS) is 22.2. The molecular weight excluding hydrogens is 350 g/mol. The molecule has 3 N–H and O–H groups in total. The topological polar surface area (TPSA) is 108 Å². The lowest BCUT2D eigenvalue weighted by atomic mass is 9.80. The number of carbonyl (C=O) groups excluding carboxylic acids is 2. The fourth-order valence-corrected chi connectivity index (χ4v) is 3.43. The number of rotatable bonds is 6. The Morgan fingerprint density at radius 3 is 2.78 bits per heavy atom. The highest BCUT2D eigenvalue weighted by Crippen LogP contribution is 2.31. The molecular formula is C19H25N3O5. The molecule has 1 saturated carbocycles. The summed E-state index contributed by atoms with van der Waals surface area (Å²) in [5, 5.41) is 15.2. The lowest BCUT2D eigenvalue weighted by Gasteiger charge is -2.39. The number of amides is 3. The van der Waals surface area contributed by atoms with E-state index in [1.807, 2.05) is 0 Å². The summed E-state index contributed by atoms with van der Waals surface area (Å²) in [4.78, 5) is 38.1. The number of anilines is 1. The van der Waals surface area contributed by atoms with Gasteiger partial charge in [-0.1, -0.05) is 6.07 Å². The highest BCUT2D eigenvalue weighted by atomic mass is 16.5. The van der Waals surface area contributed by atoms with Crippen LogP contribution < -0.4 is 10.6 Å². The Bertz CT molecular complexity index is 730. The maximum atomic E-state index is 12.9. The molecule has 1 heterocycles. The molecule has 146 valence electrons. The molecule has 0 bridgehead atoms. The zero-order chi connectivity index (χ0) is 19.4. The van der Waals surface area contributed by atoms with Crippen molar-refractivity contribution in [1.82, 2.24) is 10.2 Å². The molecule has 2 aliphatic rings. The number of carboxylic acids is 1. The largest absolute Gasteiger partial charge is 0.481 e. The van der Waals surface area contributed by atoms with Crippen molar-refractivity contribution in [3.05, 3.63) is 29.8 Å². The fourth-order valence-electron chi connectivity index (χ4n) is 3.43. The van der Waals surface area contributed by atoms with Gasteiger partial charge in [-0.2, -0.15) is 0 Å². The van der Waals surface area contributed by atoms with Gasteiger partial charge >= 0.3 is 12.0 Å². The van der Waals surface area contributed by atoms with Crippen molar-refractivity contribution in [2.24, 2.45) is 5.41 Å². The molecule has 1 aliphatic heterocycles. The summed E-state index contributed by atoms with van der Waals surface area (Å²) in [5.74, 6) is -1.20. The van der Waals surface area contributed by atoms with E-state index in [-0.39, 0.29) is 31.1 Å². The zero-order valence-corrected chi connectivity index (χ0v) is 15.4. The van der Waals surface area contributed by atoms with Gasteiger partial charge in [0.05, 0.1) is 6.61 Å². The van der Waals surface area contributed by atoms with Crippen LogP contribution in [0.25, 0.3) is 0 Å². The Morgan fingerprint density at radius 1 is 1.33 bits per heavy atom. The second-order valence-electron chi connectivity index (χ2n) is 7.30. The van der Waals surface area contributed by atoms with Crippen molar-refractivity contribution in [3.63, 3.8) is 0 Å². The summed E-state index contributed by atoms with van der Waals surface area (Å²) < 4.78 is 5.11. The minimum Gasteiger partial charge on any atom is -0.481 e. The van der Waals surface area contributed by atoms with Gasteiger partial charge in [-0.25, -0.2) is 4.79 Å². The van der Waals surface area contributed by atoms with E-state index in [0.29, 0.717) is 30.6 Å². The van der Waals surface area contributed by atoms with Gasteiger partial charge in [-0.15, -0.1) is 0 Å². The van der Waals surface area contributed by atoms with E-state index in [9.17, 15) is 19.5 Å². The first-order valence-corrected chi connectivity index (χ1v) is 9.13. The van der Waals surface area contributed by atoms with Gasteiger partial charge in [0.15, 0.2) is 0 Å². The Morgan fingerprint density at radius 2 is 2.11 bits per heavy atom. The molecule has 2 fully saturated rings. The smallest absolute Gasteiger partial charge is 0.319 e. The van der Waals surface area contributed by atoms with Gasteiger partial charge < -0.3 is 25.4 Å². The number of urea groups is 1. The molecule has 1 aromatic carbocycles. The first kappa shape index (κ1) is 19.2. The van der Waals surface area contributed by atoms with Gasteiger partial charge in [0.25, 0.3) is 5.91 Å². The van der Waals surface area contributed by atoms with Crippen LogP contribution in [0, 0.1) is 5.41 Å². The van der Waals surface area contributed by atoms with Crippen LogP contribution in [-0.2, 0) is 9.53 Å². The molecule has 8 heteroatoms. The lowest BCUT2D eigenvalue weighted by Crippen LogP contribution is -2.52. The number of hydrogen-bond acceptors (Lipinski definition) is 4. The summed E-state index contributed by atoms with van der Waals surface area (Å²) in [6.45, 7) is 0.668. The van der Waals surface area contributed by atoms with Crippen LogP contribution in [0.15, 0.2) is 24.3 Å². The van der Waals surface area contributed by atoms with E-state index in [4.69, 9.17) is 4.74 Å². The highest BCUT2D eigenvalue weighted by molar-refractivity contribution is 5.97. The second-order valence-corrected chi connectivity index (χ2v) is 7.30. The average molecular weight is 375 g/mol. The Balaban J connectivity index is 1.70. The molecule has 0 radical (unpaired) electrons. The molecule has 3 rings (SSSR count). The Labute approximate surface area is 157 Å². The summed E-state index contributed by atoms with van der Waals surface area (Å²) in [5.41, 5.74) is -0.141. The van der Waals surface area contributed by atoms with Crippen molar-refractivity contribution < 1.29 is 24.2 Å². The number of ether oxygens (including phenoxy) is 1. The number of likely N-dealkylation sites (tertiary alicyclic amines) is 1. The van der Waals surface area contributed by atoms with Crippen LogP contribution in [0.4, 0.5) is 10.5 Å². The number of hydrogen-bond donors (Lipinski definition) is 3. The number of carbonyl (C=O) groups is 3. The summed E-state index contributed by atoms with van der Waals surface area (Å²) in [6, 6.07) is 6.65. The van der Waals surface area contributed by atoms with Gasteiger partial charge in [0.1, 0.15) is 5.41 Å². The summed E-state index contributed by atoms with van der Waals surface area (Å²) >= 11 is 0. The molecule has 1 aromatic rings. The van der Waals surface area contributed by atoms with Gasteiger partial charge in [-0.3, -0.25) is 9.59 Å². The number of aliphatic carboxylic acids is 1. The lowest BCUT2D eigenvalue weighted by molar-refractivity contribution is -0.155. The van der Waals surface area contributed by atoms with E-state index in [0.717, 1.165) is 12.8 Å². The minimum atomic E-state index is -1.08. The zero-order valence-electron chi connectivity index (χ0n) is 15.4. The molecule has 3 amide bonds. The van der Waals surface area contributed by atoms with Gasteiger partial charge in [-0.05, 0) is 43.9 Å². The molecule has 1 atom stereocenters. The van der Waals surface area contributed by atoms with Crippen molar-refractivity contribution >= 4 is 23.6 Å². The van der Waals surface area contributed by atoms with Crippen molar-refractivity contribution in [1.29, 1.82) is 0 Å². The first-order valence-electron chi connectivity index (χ1n) is 9.13. The van der Waals surface area contributed by atoms with E-state index in [1.54, 1.807) is 29.2 Å². The van der Waals surface area contributed by atoms with Crippen molar-refractivity contribution in [3.8, 4) is 0 Å². The highest BCUT2D eigenvalue weighted by Gasteiger charge is 2.44. The molecule has 27 heavy (non-hydrogen) atoms. The van der Waals surface area contributed by atoms with Crippen molar-refractivity contribution in [2.45, 2.75) is 31.7 Å². The van der Waals surface area contributed by atoms with Gasteiger partial charge in [0, 0.05) is 37.5 Å². The molecule has 0 spiro atoms. The number of methoxy groups -OCH3 is 1. The van der Waals surface area contributed by atoms with Crippen LogP contribution in [0.3, 0.4) is 0 Å². The molecule has 0 aromatic heterocycles. The van der Waals surface area contributed by atoms with Gasteiger partial charge in [0.2, 0.25) is 0 Å². The average Bonchev–Trinajstić information content (AvgIpc) is 3.45. The van der Waals surface area contributed by atoms with Crippen LogP contribution in [0.2, 0.25) is 0 Å². The van der Waals surface area contributed by atoms with E-state index in [1.165, 1.54) is 7.11 Å². The minimum absolute atomic E-state index is 0.0645. The fraction of sp³-hybridized carbons (Fsp3) is 0.526. The summed E-state index contributed by atoms with van der Waals surface area (Å²) in [6.07, 6.45) is 3.06. The molecule has 1 saturated heterocycles. The van der Waals surface area contributed by atoms with E-state index in [2.05, 4.69) is 10.6 Å². The van der Waals surface area contributed by atoms with Crippen LogP contribution in [0.1, 0.15) is 36.0 Å². The molecule has 1 aliphatic carbocycles. The Hall–Kier alpha value is -2.61. The van der Waals surface area contributed by atoms with Crippen molar-refractivity contribution in [2.75, 3.05) is 32.1 Å². The van der Waals surface area contributed by atoms with Crippen LogP contribution in [0.5, 0.6) is 0 Å². The third-order valence-electron chi connectivity index (χ3n) is 5.02. The predicted molar refractivity (Wildman–Crippen MR) is 98.7 cm³/mol. The predicted octanol–water partition coefficient (Wildman–Crippen LogP) is 1.92. The maximum Gasteiger partial charge on any atom is 0.319 e. The number of piperidine rings is 1. The third-order valence-corrected chi connectivity index (χ3v) is 5.02. The molecule has 1 unspecified atom stereocenters. The number of benzene rings is 1. The quantitative estimate of drug-likeness (QED) is 0.704. The number of nitrogens with one attached hydrogen (secondary N) is 2. The maximum absolute atomic E-state index is 12.9. The van der Waals surface area contributed by atoms with Crippen LogP contribution >= 0.6 is 0 Å². The molecule has 8 nitrogen and oxygen atoms in total. The third kappa shape index (κ3) is 4.57. The monoisotopic (exact) mass is 375 g/mol. The first-order chi connectivity index (χ1) is 12.9. The number of nitrogens with zero attached hydrogens (tertiary/aromatic N) is 1. The Kier molecular flexibility index (Phi) is 5.65.